The highest BCUT2D eigenvalue weighted by Crippen LogP contribution is 2.37. The lowest BCUT2D eigenvalue weighted by Gasteiger charge is -2.24. The summed E-state index contributed by atoms with van der Waals surface area (Å²) in [6.45, 7) is 8.35. The number of aryl methyl sites for hydroxylation is 2. The Morgan fingerprint density at radius 2 is 1.93 bits per heavy atom. The van der Waals surface area contributed by atoms with Crippen molar-refractivity contribution >= 4 is 32.7 Å². The van der Waals surface area contributed by atoms with Gasteiger partial charge in [0.1, 0.15) is 11.6 Å². The van der Waals surface area contributed by atoms with Gasteiger partial charge in [0, 0.05) is 21.3 Å². The van der Waals surface area contributed by atoms with E-state index in [0.717, 1.165) is 45.4 Å². The number of aromatic nitrogens is 2. The number of hydrogen-bond donors (Lipinski definition) is 2. The van der Waals surface area contributed by atoms with Gasteiger partial charge in [0.15, 0.2) is 0 Å². The number of nitrogens with zero attached hydrogens (tertiary/aromatic N) is 2. The van der Waals surface area contributed by atoms with Crippen LogP contribution in [-0.2, 0) is 18.3 Å². The van der Waals surface area contributed by atoms with E-state index in [1.165, 1.54) is 23.1 Å². The summed E-state index contributed by atoms with van der Waals surface area (Å²) >= 11 is 3.76. The highest BCUT2D eigenvalue weighted by Gasteiger charge is 2.23. The average Bonchev–Trinajstić information content (AvgIpc) is 3.20. The highest BCUT2D eigenvalue weighted by molar-refractivity contribution is 9.10. The van der Waals surface area contributed by atoms with E-state index in [2.05, 4.69) is 72.3 Å². The summed E-state index contributed by atoms with van der Waals surface area (Å²) in [5.74, 6) is 1.67. The molecule has 5 heteroatoms. The fraction of sp³-hybridized carbons (Fsp3) is 0.417. The summed E-state index contributed by atoms with van der Waals surface area (Å²) < 4.78 is 1.16. The lowest BCUT2D eigenvalue weighted by molar-refractivity contribution is 0.218. The maximum absolute atomic E-state index is 9.73. The van der Waals surface area contributed by atoms with Crippen molar-refractivity contribution in [1.82, 2.24) is 9.97 Å². The summed E-state index contributed by atoms with van der Waals surface area (Å²) in [5, 5.41) is 14.4. The molecule has 0 radical (unpaired) electrons. The molecule has 2 aromatic carbocycles. The van der Waals surface area contributed by atoms with Crippen LogP contribution >= 0.6 is 15.9 Å². The van der Waals surface area contributed by atoms with Crippen molar-refractivity contribution in [3.63, 3.8) is 0 Å². The third-order valence-electron chi connectivity index (χ3n) is 6.04. The molecule has 2 N–H and O–H groups in total. The van der Waals surface area contributed by atoms with Crippen LogP contribution in [0.2, 0.25) is 0 Å². The number of rotatable bonds is 5. The van der Waals surface area contributed by atoms with Gasteiger partial charge in [0.05, 0.1) is 12.1 Å². The van der Waals surface area contributed by atoms with Crippen LogP contribution in [0, 0.1) is 6.92 Å². The Bertz CT molecular complexity index is 1080. The molecule has 0 amide bonds. The van der Waals surface area contributed by atoms with Gasteiger partial charge < -0.3 is 10.4 Å². The van der Waals surface area contributed by atoms with Crippen LogP contribution in [-0.4, -0.2) is 21.7 Å². The standard InChI is InChI=1S/C24H28BrN3O/c1-14(16-7-5-8-17(11-16)24(3,4)13-29)26-23-20-12-21(25)18-9-6-10-19(18)22(20)27-15(2)28-23/h5,7-8,11-12,14,29H,6,9-10,13H2,1-4H3,(H,26,27,28)/t14-/m1/s1. The number of aliphatic hydroxyl groups excluding tert-OH is 1. The van der Waals surface area contributed by atoms with Gasteiger partial charge in [-0.1, -0.05) is 54.0 Å². The van der Waals surface area contributed by atoms with Gasteiger partial charge in [0.2, 0.25) is 0 Å². The molecule has 0 unspecified atom stereocenters. The molecule has 152 valence electrons. The first kappa shape index (κ1) is 20.3. The zero-order chi connectivity index (χ0) is 20.8. The molecule has 3 aromatic rings. The number of nitrogens with one attached hydrogen (secondary N) is 1. The molecule has 29 heavy (non-hydrogen) atoms. The smallest absolute Gasteiger partial charge is 0.138 e. The van der Waals surface area contributed by atoms with E-state index in [9.17, 15) is 5.11 Å². The van der Waals surface area contributed by atoms with Crippen molar-refractivity contribution < 1.29 is 5.11 Å². The molecule has 0 aliphatic heterocycles. The van der Waals surface area contributed by atoms with Crippen LogP contribution in [0.4, 0.5) is 5.82 Å². The van der Waals surface area contributed by atoms with E-state index >= 15 is 0 Å². The van der Waals surface area contributed by atoms with Crippen molar-refractivity contribution in [2.24, 2.45) is 0 Å². The van der Waals surface area contributed by atoms with Gasteiger partial charge in [-0.25, -0.2) is 9.97 Å². The summed E-state index contributed by atoms with van der Waals surface area (Å²) in [4.78, 5) is 9.52. The Morgan fingerprint density at radius 1 is 1.17 bits per heavy atom. The molecular formula is C24H28BrN3O. The van der Waals surface area contributed by atoms with E-state index in [1.54, 1.807) is 0 Å². The van der Waals surface area contributed by atoms with Crippen LogP contribution in [0.5, 0.6) is 0 Å². The number of anilines is 1. The molecule has 0 saturated heterocycles. The predicted molar refractivity (Wildman–Crippen MR) is 123 cm³/mol. The van der Waals surface area contributed by atoms with Gasteiger partial charge in [-0.05, 0) is 61.4 Å². The molecule has 0 bridgehead atoms. The van der Waals surface area contributed by atoms with Gasteiger partial charge in [-0.3, -0.25) is 0 Å². The number of hydrogen-bond acceptors (Lipinski definition) is 4. The first-order valence-corrected chi connectivity index (χ1v) is 11.1. The highest BCUT2D eigenvalue weighted by atomic mass is 79.9. The first-order chi connectivity index (χ1) is 13.8. The molecule has 1 aliphatic carbocycles. The maximum atomic E-state index is 9.73. The second-order valence-corrected chi connectivity index (χ2v) is 9.57. The molecule has 1 aromatic heterocycles. The van der Waals surface area contributed by atoms with E-state index in [-0.39, 0.29) is 18.1 Å². The fourth-order valence-electron chi connectivity index (χ4n) is 4.15. The van der Waals surface area contributed by atoms with E-state index in [4.69, 9.17) is 9.97 Å². The van der Waals surface area contributed by atoms with E-state index < -0.39 is 0 Å². The molecule has 1 heterocycles. The minimum Gasteiger partial charge on any atom is -0.395 e. The average molecular weight is 454 g/mol. The number of benzene rings is 2. The van der Waals surface area contributed by atoms with Crippen molar-refractivity contribution in [3.05, 3.63) is 62.9 Å². The summed E-state index contributed by atoms with van der Waals surface area (Å²) in [5.41, 5.74) is 5.89. The van der Waals surface area contributed by atoms with E-state index in [0.29, 0.717) is 0 Å². The molecule has 1 atom stereocenters. The van der Waals surface area contributed by atoms with Crippen molar-refractivity contribution in [3.8, 4) is 0 Å². The SMILES string of the molecule is Cc1nc(N[C@H](C)c2cccc(C(C)(C)CO)c2)c2cc(Br)c3c(c2n1)CCC3. The quantitative estimate of drug-likeness (QED) is 0.525. The summed E-state index contributed by atoms with van der Waals surface area (Å²) in [6.07, 6.45) is 3.37. The molecule has 0 spiro atoms. The lowest BCUT2D eigenvalue weighted by atomic mass is 9.84. The minimum absolute atomic E-state index is 0.0778. The largest absolute Gasteiger partial charge is 0.395 e. The second kappa shape index (κ2) is 7.69. The minimum atomic E-state index is -0.265. The van der Waals surface area contributed by atoms with Gasteiger partial charge in [0.25, 0.3) is 0 Å². The molecular weight excluding hydrogens is 426 g/mol. The monoisotopic (exact) mass is 453 g/mol. The Morgan fingerprint density at radius 3 is 2.69 bits per heavy atom. The van der Waals surface area contributed by atoms with Crippen molar-refractivity contribution in [1.29, 1.82) is 0 Å². The normalized spacial score (nSPS) is 14.8. The van der Waals surface area contributed by atoms with E-state index in [1.807, 2.05) is 6.92 Å². The van der Waals surface area contributed by atoms with Crippen LogP contribution < -0.4 is 5.32 Å². The molecule has 1 aliphatic rings. The molecule has 4 rings (SSSR count). The van der Waals surface area contributed by atoms with Crippen LogP contribution in [0.1, 0.15) is 61.3 Å². The molecule has 4 nitrogen and oxygen atoms in total. The Labute approximate surface area is 180 Å². The zero-order valence-corrected chi connectivity index (χ0v) is 19.1. The molecule has 0 saturated carbocycles. The summed E-state index contributed by atoms with van der Waals surface area (Å²) in [6, 6.07) is 10.7. The number of fused-ring (bicyclic) bond motifs is 3. The first-order valence-electron chi connectivity index (χ1n) is 10.3. The van der Waals surface area contributed by atoms with Crippen LogP contribution in [0.15, 0.2) is 34.8 Å². The zero-order valence-electron chi connectivity index (χ0n) is 17.5. The predicted octanol–water partition coefficient (Wildman–Crippen LogP) is 5.63. The fourth-order valence-corrected chi connectivity index (χ4v) is 4.82. The van der Waals surface area contributed by atoms with Crippen LogP contribution in [0.25, 0.3) is 10.9 Å². The lowest BCUT2D eigenvalue weighted by Crippen LogP contribution is -2.22. The second-order valence-electron chi connectivity index (χ2n) is 8.72. The van der Waals surface area contributed by atoms with Gasteiger partial charge in [-0.2, -0.15) is 0 Å². The van der Waals surface area contributed by atoms with Gasteiger partial charge >= 0.3 is 0 Å². The Hall–Kier alpha value is -1.98. The van der Waals surface area contributed by atoms with Crippen molar-refractivity contribution in [2.75, 3.05) is 11.9 Å². The Balaban J connectivity index is 1.73. The Kier molecular flexibility index (Phi) is 5.38. The van der Waals surface area contributed by atoms with Crippen LogP contribution in [0.3, 0.4) is 0 Å². The number of halogens is 1. The maximum Gasteiger partial charge on any atom is 0.138 e. The molecule has 0 fully saturated rings. The summed E-state index contributed by atoms with van der Waals surface area (Å²) in [7, 11) is 0. The topological polar surface area (TPSA) is 58.0 Å². The number of aliphatic hydroxyl groups is 1. The third-order valence-corrected chi connectivity index (χ3v) is 6.74. The van der Waals surface area contributed by atoms with Crippen molar-refractivity contribution in [2.45, 2.75) is 58.4 Å². The van der Waals surface area contributed by atoms with Gasteiger partial charge in [-0.15, -0.1) is 0 Å². The third kappa shape index (κ3) is 3.78.